The molecule has 8 heteroatoms. The third-order valence-electron chi connectivity index (χ3n) is 1.85. The molecule has 0 saturated heterocycles. The fourth-order valence-electron chi connectivity index (χ4n) is 1.07. The molecule has 0 unspecified atom stereocenters. The normalized spacial score (nSPS) is 11.1. The van der Waals surface area contributed by atoms with Crippen LogP contribution in [0.4, 0.5) is 12.9 Å². The number of nitrogens with zero attached hydrogens (tertiary/aromatic N) is 1. The summed E-state index contributed by atoms with van der Waals surface area (Å²) < 4.78 is 46.2. The van der Waals surface area contributed by atoms with Crippen LogP contribution in [0.3, 0.4) is 0 Å². The van der Waals surface area contributed by atoms with E-state index in [0.29, 0.717) is 12.3 Å². The molecular weight excluding hydrogens is 226 g/mol. The Morgan fingerprint density at radius 3 is 2.44 bits per heavy atom. The fourth-order valence-corrected chi connectivity index (χ4v) is 1.07. The van der Waals surface area contributed by atoms with Gasteiger partial charge in [-0.05, 0) is 0 Å². The van der Waals surface area contributed by atoms with Gasteiger partial charge in [-0.1, -0.05) is 11.5 Å². The number of carbonyl (C=O) groups is 1. The quantitative estimate of drug-likeness (QED) is 0.576. The first-order chi connectivity index (χ1) is 7.40. The highest BCUT2D eigenvalue weighted by molar-refractivity contribution is 6.73. The highest BCUT2D eigenvalue weighted by atomic mass is 19.4. The first-order valence-corrected chi connectivity index (χ1v) is 4.22. The number of hydrogen-bond acceptors (Lipinski definition) is 4. The second-order valence-corrected chi connectivity index (χ2v) is 2.89. The van der Waals surface area contributed by atoms with Crippen molar-refractivity contribution < 1.29 is 27.2 Å². The van der Waals surface area contributed by atoms with E-state index in [1.165, 1.54) is 7.11 Å². The molecule has 0 aliphatic carbocycles. The Hall–Kier alpha value is -1.73. The third kappa shape index (κ3) is 2.44. The maximum Gasteiger partial charge on any atom is 0.511 e. The molecule has 0 amide bonds. The summed E-state index contributed by atoms with van der Waals surface area (Å²) in [7, 11) is 2.26. The summed E-state index contributed by atoms with van der Waals surface area (Å²) in [6, 6.07) is 0.664. The first-order valence-electron chi connectivity index (χ1n) is 4.22. The molecule has 1 heterocycles. The molecule has 0 fully saturated rings. The average molecular weight is 234 g/mol. The number of esters is 1. The van der Waals surface area contributed by atoms with E-state index in [-0.39, 0.29) is 11.4 Å². The van der Waals surface area contributed by atoms with E-state index in [4.69, 9.17) is 0 Å². The fraction of sp³-hybridized carbons (Fsp3) is 0.250. The summed E-state index contributed by atoms with van der Waals surface area (Å²) >= 11 is 0. The first kappa shape index (κ1) is 12.3. The predicted molar refractivity (Wildman–Crippen MR) is 50.8 cm³/mol. The standard InChI is InChI=1S/C8H8BF3NO3/c1-15-7-6(8(14)16-2)3-5(4-13-7)9(10,11)12/h3-4H,1-2H3/q-1. The molecule has 0 aliphatic rings. The van der Waals surface area contributed by atoms with Crippen molar-refractivity contribution in [3.63, 3.8) is 0 Å². The highest BCUT2D eigenvalue weighted by Gasteiger charge is 2.28. The van der Waals surface area contributed by atoms with E-state index >= 15 is 0 Å². The number of carbonyl (C=O) groups excluding carboxylic acids is 1. The summed E-state index contributed by atoms with van der Waals surface area (Å²) in [6.07, 6.45) is 0.616. The monoisotopic (exact) mass is 234 g/mol. The zero-order valence-corrected chi connectivity index (χ0v) is 8.54. The number of rotatable bonds is 3. The lowest BCUT2D eigenvalue weighted by atomic mass is 9.81. The molecule has 1 aromatic heterocycles. The van der Waals surface area contributed by atoms with E-state index in [1.54, 1.807) is 0 Å². The van der Waals surface area contributed by atoms with Gasteiger partial charge in [-0.25, -0.2) is 9.78 Å². The van der Waals surface area contributed by atoms with Gasteiger partial charge < -0.3 is 22.4 Å². The van der Waals surface area contributed by atoms with Crippen LogP contribution in [-0.2, 0) is 4.74 Å². The summed E-state index contributed by atoms with van der Waals surface area (Å²) in [5.74, 6) is -1.12. The van der Waals surface area contributed by atoms with Crippen LogP contribution in [-0.4, -0.2) is 32.2 Å². The number of ether oxygens (including phenoxy) is 2. The van der Waals surface area contributed by atoms with E-state index in [9.17, 15) is 17.7 Å². The van der Waals surface area contributed by atoms with Gasteiger partial charge in [0.25, 0.3) is 0 Å². The lowest BCUT2D eigenvalue weighted by Crippen LogP contribution is -2.35. The molecule has 0 bridgehead atoms. The maximum absolute atomic E-state index is 12.4. The number of hydrogen-bond donors (Lipinski definition) is 0. The van der Waals surface area contributed by atoms with Crippen LogP contribution in [0.15, 0.2) is 12.3 Å². The summed E-state index contributed by atoms with van der Waals surface area (Å²) in [4.78, 5) is 14.6. The van der Waals surface area contributed by atoms with E-state index in [0.717, 1.165) is 7.11 Å². The molecule has 0 atom stereocenters. The van der Waals surface area contributed by atoms with E-state index in [1.807, 2.05) is 0 Å². The van der Waals surface area contributed by atoms with Gasteiger partial charge in [-0.3, -0.25) is 0 Å². The second-order valence-electron chi connectivity index (χ2n) is 2.89. The Morgan fingerprint density at radius 2 is 2.00 bits per heavy atom. The van der Waals surface area contributed by atoms with Gasteiger partial charge in [0, 0.05) is 6.20 Å². The Morgan fingerprint density at radius 1 is 1.38 bits per heavy atom. The molecule has 0 aliphatic heterocycles. The van der Waals surface area contributed by atoms with Gasteiger partial charge in [0.15, 0.2) is 0 Å². The van der Waals surface area contributed by atoms with Crippen molar-refractivity contribution >= 4 is 18.4 Å². The molecule has 4 nitrogen and oxygen atoms in total. The number of methoxy groups -OCH3 is 2. The molecule has 0 spiro atoms. The smallest absolute Gasteiger partial charge is 0.480 e. The Balaban J connectivity index is 3.27. The van der Waals surface area contributed by atoms with Crippen LogP contribution in [0.5, 0.6) is 5.88 Å². The Bertz CT molecular complexity index is 408. The lowest BCUT2D eigenvalue weighted by molar-refractivity contribution is 0.0596. The minimum atomic E-state index is -5.21. The molecule has 0 N–H and O–H groups in total. The zero-order chi connectivity index (χ0) is 12.3. The van der Waals surface area contributed by atoms with Crippen LogP contribution in [0.1, 0.15) is 10.4 Å². The van der Waals surface area contributed by atoms with Crippen LogP contribution in [0.25, 0.3) is 0 Å². The third-order valence-corrected chi connectivity index (χ3v) is 1.85. The van der Waals surface area contributed by atoms with Gasteiger partial charge in [-0.2, -0.15) is 0 Å². The minimum absolute atomic E-state index is 0.198. The Labute approximate surface area is 89.4 Å². The molecule has 0 aromatic carbocycles. The zero-order valence-electron chi connectivity index (χ0n) is 8.54. The summed E-state index contributed by atoms with van der Waals surface area (Å²) in [5, 5.41) is 0. The molecule has 0 radical (unpaired) electrons. The topological polar surface area (TPSA) is 48.4 Å². The van der Waals surface area contributed by atoms with Gasteiger partial charge in [0.1, 0.15) is 5.56 Å². The van der Waals surface area contributed by atoms with Crippen molar-refractivity contribution in [1.29, 1.82) is 0 Å². The van der Waals surface area contributed by atoms with Gasteiger partial charge in [-0.15, -0.1) is 0 Å². The van der Waals surface area contributed by atoms with Gasteiger partial charge >= 0.3 is 12.9 Å². The Kier molecular flexibility index (Phi) is 3.41. The minimum Gasteiger partial charge on any atom is -0.480 e. The van der Waals surface area contributed by atoms with Crippen molar-refractivity contribution in [1.82, 2.24) is 4.98 Å². The summed E-state index contributed by atoms with van der Waals surface area (Å²) in [5.41, 5.74) is -1.32. The van der Waals surface area contributed by atoms with Crippen LogP contribution in [0.2, 0.25) is 0 Å². The second kappa shape index (κ2) is 4.42. The SMILES string of the molecule is COC(=O)c1cc([B-](F)(F)F)cnc1OC. The maximum atomic E-state index is 12.4. The average Bonchev–Trinajstić information content (AvgIpc) is 2.25. The van der Waals surface area contributed by atoms with Crippen molar-refractivity contribution in [3.05, 3.63) is 17.8 Å². The predicted octanol–water partition coefficient (Wildman–Crippen LogP) is 0.931. The molecule has 1 aromatic rings. The van der Waals surface area contributed by atoms with Crippen molar-refractivity contribution in [3.8, 4) is 5.88 Å². The van der Waals surface area contributed by atoms with Crippen molar-refractivity contribution in [2.75, 3.05) is 14.2 Å². The van der Waals surface area contributed by atoms with Crippen LogP contribution in [0, 0.1) is 0 Å². The van der Waals surface area contributed by atoms with Crippen molar-refractivity contribution in [2.24, 2.45) is 0 Å². The lowest BCUT2D eigenvalue weighted by Gasteiger charge is -2.16. The van der Waals surface area contributed by atoms with Crippen LogP contribution < -0.4 is 10.2 Å². The van der Waals surface area contributed by atoms with Crippen molar-refractivity contribution in [2.45, 2.75) is 0 Å². The molecule has 16 heavy (non-hydrogen) atoms. The highest BCUT2D eigenvalue weighted by Crippen LogP contribution is 2.17. The number of pyridine rings is 1. The number of halogens is 3. The molecule has 88 valence electrons. The van der Waals surface area contributed by atoms with Gasteiger partial charge in [0.05, 0.1) is 14.2 Å². The largest absolute Gasteiger partial charge is 0.511 e. The van der Waals surface area contributed by atoms with Crippen LogP contribution >= 0.6 is 0 Å². The van der Waals surface area contributed by atoms with E-state index < -0.39 is 18.4 Å². The van der Waals surface area contributed by atoms with E-state index in [2.05, 4.69) is 14.5 Å². The van der Waals surface area contributed by atoms with Gasteiger partial charge in [0.2, 0.25) is 5.88 Å². The summed E-state index contributed by atoms with van der Waals surface area (Å²) in [6.45, 7) is -5.21. The molecular formula is C8H8BF3NO3-. The number of aromatic nitrogens is 1. The molecule has 1 rings (SSSR count). The molecule has 0 saturated carbocycles.